The van der Waals surface area contributed by atoms with Crippen molar-refractivity contribution in [3.63, 3.8) is 0 Å². The Bertz CT molecular complexity index is 741. The number of carbonyl (C=O) groups is 1. The minimum absolute atomic E-state index is 0.0980. The standard InChI is InChI=1S/C18H21N3OS/c1-12-11-13(2)21-16(7-9-19-21)20(12)18(22)17-15-6-4-3-5-14(15)8-10-23-17/h3-7,9,12-13,17H,8,10-11H2,1-2H3/t12-,13-,17-/m0/s1. The number of amides is 1. The van der Waals surface area contributed by atoms with Gasteiger partial charge in [-0.2, -0.15) is 5.10 Å². The number of thioether (sulfide) groups is 1. The average Bonchev–Trinajstić information content (AvgIpc) is 3.04. The Balaban J connectivity index is 1.72. The highest BCUT2D eigenvalue weighted by Crippen LogP contribution is 2.41. The molecule has 1 amide bonds. The summed E-state index contributed by atoms with van der Waals surface area (Å²) in [6.07, 6.45) is 3.79. The summed E-state index contributed by atoms with van der Waals surface area (Å²) in [5.74, 6) is 2.14. The van der Waals surface area contributed by atoms with Crippen molar-refractivity contribution in [2.45, 2.75) is 44.0 Å². The summed E-state index contributed by atoms with van der Waals surface area (Å²) in [4.78, 5) is 15.3. The van der Waals surface area contributed by atoms with Crippen LogP contribution in [0.5, 0.6) is 0 Å². The van der Waals surface area contributed by atoms with Crippen LogP contribution in [0.2, 0.25) is 0 Å². The molecule has 3 heterocycles. The lowest BCUT2D eigenvalue weighted by Crippen LogP contribution is -2.47. The molecule has 4 nitrogen and oxygen atoms in total. The SMILES string of the molecule is C[C@H]1C[C@H](C)n2nccc2N1C(=O)[C@H]1SCCc2ccccc21. The lowest BCUT2D eigenvalue weighted by molar-refractivity contribution is -0.119. The normalized spacial score (nSPS) is 26.5. The molecule has 4 rings (SSSR count). The van der Waals surface area contributed by atoms with Gasteiger partial charge in [-0.05, 0) is 43.6 Å². The van der Waals surface area contributed by atoms with E-state index in [0.29, 0.717) is 6.04 Å². The van der Waals surface area contributed by atoms with E-state index in [-0.39, 0.29) is 17.2 Å². The molecule has 0 radical (unpaired) electrons. The number of rotatable bonds is 1. The van der Waals surface area contributed by atoms with Crippen LogP contribution in [0.4, 0.5) is 5.82 Å². The predicted octanol–water partition coefficient (Wildman–Crippen LogP) is 3.60. The van der Waals surface area contributed by atoms with Crippen LogP contribution < -0.4 is 4.90 Å². The molecule has 23 heavy (non-hydrogen) atoms. The summed E-state index contributed by atoms with van der Waals surface area (Å²) in [6.45, 7) is 4.31. The van der Waals surface area contributed by atoms with Crippen LogP contribution >= 0.6 is 11.8 Å². The molecule has 0 unspecified atom stereocenters. The van der Waals surface area contributed by atoms with Gasteiger partial charge in [-0.15, -0.1) is 11.8 Å². The van der Waals surface area contributed by atoms with Gasteiger partial charge in [-0.1, -0.05) is 24.3 Å². The average molecular weight is 327 g/mol. The highest BCUT2D eigenvalue weighted by molar-refractivity contribution is 8.00. The summed E-state index contributed by atoms with van der Waals surface area (Å²) >= 11 is 1.77. The number of nitrogens with zero attached hydrogens (tertiary/aromatic N) is 3. The lowest BCUT2D eigenvalue weighted by atomic mass is 9.99. The number of benzene rings is 1. The van der Waals surface area contributed by atoms with Crippen molar-refractivity contribution in [1.82, 2.24) is 9.78 Å². The second kappa shape index (κ2) is 5.71. The van der Waals surface area contributed by atoms with E-state index in [1.165, 1.54) is 11.1 Å². The van der Waals surface area contributed by atoms with Gasteiger partial charge in [0, 0.05) is 12.1 Å². The molecule has 0 saturated carbocycles. The van der Waals surface area contributed by atoms with E-state index in [4.69, 9.17) is 0 Å². The zero-order valence-electron chi connectivity index (χ0n) is 13.5. The Morgan fingerprint density at radius 3 is 2.91 bits per heavy atom. The molecule has 2 aliphatic rings. The van der Waals surface area contributed by atoms with Crippen molar-refractivity contribution >= 4 is 23.5 Å². The maximum Gasteiger partial charge on any atom is 0.246 e. The Kier molecular flexibility index (Phi) is 3.68. The smallest absolute Gasteiger partial charge is 0.246 e. The van der Waals surface area contributed by atoms with Gasteiger partial charge in [0.05, 0.1) is 12.2 Å². The van der Waals surface area contributed by atoms with Gasteiger partial charge >= 0.3 is 0 Å². The van der Waals surface area contributed by atoms with Gasteiger partial charge in [0.2, 0.25) is 5.91 Å². The molecule has 2 aromatic rings. The van der Waals surface area contributed by atoms with E-state index < -0.39 is 0 Å². The maximum atomic E-state index is 13.4. The van der Waals surface area contributed by atoms with Crippen molar-refractivity contribution in [2.75, 3.05) is 10.7 Å². The number of aromatic nitrogens is 2. The van der Waals surface area contributed by atoms with Crippen molar-refractivity contribution < 1.29 is 4.79 Å². The third-order valence-corrected chi connectivity index (χ3v) is 6.12. The minimum atomic E-state index is -0.0980. The highest BCUT2D eigenvalue weighted by Gasteiger charge is 2.38. The van der Waals surface area contributed by atoms with Crippen molar-refractivity contribution in [3.05, 3.63) is 47.7 Å². The van der Waals surface area contributed by atoms with Crippen LogP contribution in [-0.2, 0) is 11.2 Å². The van der Waals surface area contributed by atoms with E-state index in [1.807, 2.05) is 21.7 Å². The molecule has 120 valence electrons. The molecule has 0 bridgehead atoms. The molecule has 3 atom stereocenters. The van der Waals surface area contributed by atoms with E-state index in [9.17, 15) is 4.79 Å². The maximum absolute atomic E-state index is 13.4. The van der Waals surface area contributed by atoms with Crippen LogP contribution in [0.15, 0.2) is 36.5 Å². The van der Waals surface area contributed by atoms with E-state index in [2.05, 4.69) is 37.1 Å². The van der Waals surface area contributed by atoms with Gasteiger partial charge in [0.25, 0.3) is 0 Å². The minimum Gasteiger partial charge on any atom is -0.293 e. The molecule has 0 saturated heterocycles. The van der Waals surface area contributed by atoms with Crippen molar-refractivity contribution in [2.24, 2.45) is 0 Å². The number of aryl methyl sites for hydroxylation is 1. The zero-order chi connectivity index (χ0) is 16.0. The lowest BCUT2D eigenvalue weighted by Gasteiger charge is -2.39. The molecule has 0 fully saturated rings. The Morgan fingerprint density at radius 2 is 2.04 bits per heavy atom. The molecular weight excluding hydrogens is 306 g/mol. The fraction of sp³-hybridized carbons (Fsp3) is 0.444. The molecular formula is C18H21N3OS. The molecule has 5 heteroatoms. The second-order valence-electron chi connectivity index (χ2n) is 6.48. The van der Waals surface area contributed by atoms with Crippen LogP contribution in [0.3, 0.4) is 0 Å². The van der Waals surface area contributed by atoms with Crippen molar-refractivity contribution in [3.8, 4) is 0 Å². The molecule has 0 spiro atoms. The van der Waals surface area contributed by atoms with Crippen LogP contribution in [0.25, 0.3) is 0 Å². The number of carbonyl (C=O) groups excluding carboxylic acids is 1. The number of fused-ring (bicyclic) bond motifs is 2. The fourth-order valence-corrected chi connectivity index (χ4v) is 5.06. The van der Waals surface area contributed by atoms with E-state index in [1.54, 1.807) is 18.0 Å². The predicted molar refractivity (Wildman–Crippen MR) is 93.8 cm³/mol. The van der Waals surface area contributed by atoms with Gasteiger partial charge in [-0.3, -0.25) is 9.69 Å². The first-order valence-electron chi connectivity index (χ1n) is 8.23. The summed E-state index contributed by atoms with van der Waals surface area (Å²) in [6, 6.07) is 10.9. The Morgan fingerprint density at radius 1 is 1.22 bits per heavy atom. The molecule has 2 aliphatic heterocycles. The Hall–Kier alpha value is -1.75. The second-order valence-corrected chi connectivity index (χ2v) is 7.69. The first-order valence-corrected chi connectivity index (χ1v) is 9.27. The number of anilines is 1. The van der Waals surface area contributed by atoms with Crippen LogP contribution in [0, 0.1) is 0 Å². The molecule has 0 N–H and O–H groups in total. The summed E-state index contributed by atoms with van der Waals surface area (Å²) in [5.41, 5.74) is 2.50. The fourth-order valence-electron chi connectivity index (χ4n) is 3.82. The monoisotopic (exact) mass is 327 g/mol. The van der Waals surface area contributed by atoms with E-state index >= 15 is 0 Å². The number of hydrogen-bond donors (Lipinski definition) is 0. The van der Waals surface area contributed by atoms with Gasteiger partial charge in [-0.25, -0.2) is 4.68 Å². The topological polar surface area (TPSA) is 38.1 Å². The molecule has 1 aromatic carbocycles. The Labute approximate surface area is 140 Å². The summed E-state index contributed by atoms with van der Waals surface area (Å²) < 4.78 is 1.98. The molecule has 1 aromatic heterocycles. The quantitative estimate of drug-likeness (QED) is 0.803. The van der Waals surface area contributed by atoms with Crippen molar-refractivity contribution in [1.29, 1.82) is 0 Å². The van der Waals surface area contributed by atoms with Crippen LogP contribution in [0.1, 0.15) is 42.7 Å². The zero-order valence-corrected chi connectivity index (χ0v) is 14.3. The largest absolute Gasteiger partial charge is 0.293 e. The number of hydrogen-bond acceptors (Lipinski definition) is 3. The van der Waals surface area contributed by atoms with E-state index in [0.717, 1.165) is 24.4 Å². The first-order chi connectivity index (χ1) is 11.2. The summed E-state index contributed by atoms with van der Waals surface area (Å²) in [7, 11) is 0. The third kappa shape index (κ3) is 2.38. The molecule has 0 aliphatic carbocycles. The van der Waals surface area contributed by atoms with Gasteiger partial charge < -0.3 is 0 Å². The highest BCUT2D eigenvalue weighted by atomic mass is 32.2. The third-order valence-electron chi connectivity index (χ3n) is 4.89. The summed E-state index contributed by atoms with van der Waals surface area (Å²) in [5, 5.41) is 4.31. The first kappa shape index (κ1) is 14.8. The van der Waals surface area contributed by atoms with Crippen LogP contribution in [-0.4, -0.2) is 27.5 Å². The van der Waals surface area contributed by atoms with Gasteiger partial charge in [0.1, 0.15) is 11.1 Å². The van der Waals surface area contributed by atoms with Gasteiger partial charge in [0.15, 0.2) is 0 Å².